The van der Waals surface area contributed by atoms with E-state index in [1.165, 1.54) is 0 Å². The van der Waals surface area contributed by atoms with Crippen LogP contribution in [0.5, 0.6) is 0 Å². The Balaban J connectivity index is 2.16. The van der Waals surface area contributed by atoms with E-state index >= 15 is 0 Å². The summed E-state index contributed by atoms with van der Waals surface area (Å²) in [4.78, 5) is 0. The summed E-state index contributed by atoms with van der Waals surface area (Å²) in [5.41, 5.74) is 5.68. The Hall–Kier alpha value is -0.980. The lowest BCUT2D eigenvalue weighted by Crippen LogP contribution is -2.20. The number of rotatable bonds is 5. The fourth-order valence-corrected chi connectivity index (χ4v) is 2.18. The number of hydrogen-bond acceptors (Lipinski definition) is 5. The summed E-state index contributed by atoms with van der Waals surface area (Å²) in [7, 11) is 1.70. The Kier molecular flexibility index (Phi) is 4.47. The first-order valence-corrected chi connectivity index (χ1v) is 6.05. The summed E-state index contributed by atoms with van der Waals surface area (Å²) < 4.78 is 12.6. The summed E-state index contributed by atoms with van der Waals surface area (Å²) in [5.74, 6) is 2.31. The monoisotopic (exact) mass is 240 g/mol. The van der Waals surface area contributed by atoms with Crippen molar-refractivity contribution in [2.75, 3.05) is 26.9 Å². The molecule has 96 valence electrons. The van der Waals surface area contributed by atoms with Crippen LogP contribution in [0.15, 0.2) is 0 Å². The lowest BCUT2D eigenvalue weighted by molar-refractivity contribution is 0.0822. The SMILES string of the molecule is COCCn1c(CN)nnc1C1CCOCC1. The van der Waals surface area contributed by atoms with Crippen molar-refractivity contribution in [1.29, 1.82) is 0 Å². The topological polar surface area (TPSA) is 75.2 Å². The van der Waals surface area contributed by atoms with E-state index in [1.807, 2.05) is 0 Å². The molecule has 0 bridgehead atoms. The summed E-state index contributed by atoms with van der Waals surface area (Å²) in [6.07, 6.45) is 2.02. The maximum absolute atomic E-state index is 5.68. The van der Waals surface area contributed by atoms with Gasteiger partial charge in [-0.1, -0.05) is 0 Å². The fourth-order valence-electron chi connectivity index (χ4n) is 2.18. The average Bonchev–Trinajstić information content (AvgIpc) is 2.80. The highest BCUT2D eigenvalue weighted by Crippen LogP contribution is 2.25. The minimum absolute atomic E-state index is 0.417. The molecule has 6 nitrogen and oxygen atoms in total. The Labute approximate surface area is 101 Å². The average molecular weight is 240 g/mol. The van der Waals surface area contributed by atoms with Crippen molar-refractivity contribution in [1.82, 2.24) is 14.8 Å². The molecule has 0 radical (unpaired) electrons. The molecular formula is C11H20N4O2. The zero-order chi connectivity index (χ0) is 12.1. The van der Waals surface area contributed by atoms with Gasteiger partial charge < -0.3 is 19.8 Å². The van der Waals surface area contributed by atoms with Crippen LogP contribution in [0.25, 0.3) is 0 Å². The minimum Gasteiger partial charge on any atom is -0.383 e. The van der Waals surface area contributed by atoms with Gasteiger partial charge in [-0.05, 0) is 12.8 Å². The molecule has 0 amide bonds. The van der Waals surface area contributed by atoms with E-state index in [0.717, 1.165) is 44.2 Å². The maximum Gasteiger partial charge on any atom is 0.146 e. The largest absolute Gasteiger partial charge is 0.383 e. The molecule has 2 N–H and O–H groups in total. The Morgan fingerprint density at radius 2 is 2.18 bits per heavy atom. The maximum atomic E-state index is 5.68. The summed E-state index contributed by atoms with van der Waals surface area (Å²) in [5, 5.41) is 8.44. The second-order valence-electron chi connectivity index (χ2n) is 4.21. The Morgan fingerprint density at radius 3 is 2.82 bits per heavy atom. The van der Waals surface area contributed by atoms with Crippen LogP contribution in [0.1, 0.15) is 30.4 Å². The van der Waals surface area contributed by atoms with Gasteiger partial charge in [0.05, 0.1) is 13.2 Å². The van der Waals surface area contributed by atoms with Gasteiger partial charge in [0, 0.05) is 32.8 Å². The van der Waals surface area contributed by atoms with E-state index < -0.39 is 0 Å². The molecule has 0 saturated carbocycles. The second-order valence-corrected chi connectivity index (χ2v) is 4.21. The highest BCUT2D eigenvalue weighted by molar-refractivity contribution is 5.03. The lowest BCUT2D eigenvalue weighted by Gasteiger charge is -2.22. The van der Waals surface area contributed by atoms with Crippen LogP contribution in [-0.4, -0.2) is 41.7 Å². The molecule has 1 saturated heterocycles. The van der Waals surface area contributed by atoms with Gasteiger partial charge in [-0.15, -0.1) is 10.2 Å². The molecule has 17 heavy (non-hydrogen) atoms. The first-order valence-electron chi connectivity index (χ1n) is 6.05. The van der Waals surface area contributed by atoms with Gasteiger partial charge in [0.2, 0.25) is 0 Å². The molecule has 1 aliphatic heterocycles. The van der Waals surface area contributed by atoms with Crippen molar-refractivity contribution in [3.05, 3.63) is 11.6 Å². The number of aromatic nitrogens is 3. The van der Waals surface area contributed by atoms with E-state index in [0.29, 0.717) is 19.1 Å². The summed E-state index contributed by atoms with van der Waals surface area (Å²) in [6, 6.07) is 0. The first kappa shape index (κ1) is 12.5. The molecule has 0 atom stereocenters. The number of hydrogen-bond donors (Lipinski definition) is 1. The van der Waals surface area contributed by atoms with Gasteiger partial charge in [0.15, 0.2) is 0 Å². The molecule has 1 aromatic rings. The number of nitrogens with two attached hydrogens (primary N) is 1. The Morgan fingerprint density at radius 1 is 1.41 bits per heavy atom. The smallest absolute Gasteiger partial charge is 0.146 e. The number of methoxy groups -OCH3 is 1. The van der Waals surface area contributed by atoms with E-state index in [2.05, 4.69) is 14.8 Å². The molecule has 0 spiro atoms. The highest BCUT2D eigenvalue weighted by Gasteiger charge is 2.22. The van der Waals surface area contributed by atoms with Crippen molar-refractivity contribution in [2.45, 2.75) is 31.8 Å². The Bertz CT molecular complexity index is 347. The number of ether oxygens (including phenoxy) is 2. The van der Waals surface area contributed by atoms with E-state index in [-0.39, 0.29) is 0 Å². The predicted octanol–water partition coefficient (Wildman–Crippen LogP) is 0.277. The van der Waals surface area contributed by atoms with E-state index in [1.54, 1.807) is 7.11 Å². The quantitative estimate of drug-likeness (QED) is 0.800. The minimum atomic E-state index is 0.417. The van der Waals surface area contributed by atoms with Crippen molar-refractivity contribution in [3.63, 3.8) is 0 Å². The van der Waals surface area contributed by atoms with Gasteiger partial charge in [0.25, 0.3) is 0 Å². The lowest BCUT2D eigenvalue weighted by atomic mass is 9.99. The van der Waals surface area contributed by atoms with Crippen molar-refractivity contribution < 1.29 is 9.47 Å². The third-order valence-electron chi connectivity index (χ3n) is 3.14. The molecule has 1 fully saturated rings. The first-order chi connectivity index (χ1) is 8.36. The fraction of sp³-hybridized carbons (Fsp3) is 0.818. The zero-order valence-electron chi connectivity index (χ0n) is 10.3. The van der Waals surface area contributed by atoms with Crippen LogP contribution >= 0.6 is 0 Å². The van der Waals surface area contributed by atoms with Gasteiger partial charge in [-0.25, -0.2) is 0 Å². The van der Waals surface area contributed by atoms with Gasteiger partial charge in [-0.3, -0.25) is 0 Å². The molecule has 0 unspecified atom stereocenters. The molecule has 6 heteroatoms. The van der Waals surface area contributed by atoms with Gasteiger partial charge in [0.1, 0.15) is 11.6 Å². The molecule has 2 rings (SSSR count). The van der Waals surface area contributed by atoms with Crippen LogP contribution in [0.2, 0.25) is 0 Å². The number of nitrogens with zero attached hydrogens (tertiary/aromatic N) is 3. The van der Waals surface area contributed by atoms with Crippen LogP contribution < -0.4 is 5.73 Å². The normalized spacial score (nSPS) is 17.5. The standard InChI is InChI=1S/C11H20N4O2/c1-16-7-4-15-10(8-12)13-14-11(15)9-2-5-17-6-3-9/h9H,2-8,12H2,1H3. The van der Waals surface area contributed by atoms with E-state index in [4.69, 9.17) is 15.2 Å². The molecule has 2 heterocycles. The third kappa shape index (κ3) is 2.83. The molecule has 0 aromatic carbocycles. The van der Waals surface area contributed by atoms with Crippen LogP contribution in [0.4, 0.5) is 0 Å². The summed E-state index contributed by atoms with van der Waals surface area (Å²) in [6.45, 7) is 3.45. The van der Waals surface area contributed by atoms with Crippen molar-refractivity contribution in [2.24, 2.45) is 5.73 Å². The predicted molar refractivity (Wildman–Crippen MR) is 62.6 cm³/mol. The van der Waals surface area contributed by atoms with E-state index in [9.17, 15) is 0 Å². The third-order valence-corrected chi connectivity index (χ3v) is 3.14. The van der Waals surface area contributed by atoms with Crippen LogP contribution in [-0.2, 0) is 22.6 Å². The second kappa shape index (κ2) is 6.09. The molecule has 1 aliphatic rings. The van der Waals surface area contributed by atoms with Crippen molar-refractivity contribution in [3.8, 4) is 0 Å². The highest BCUT2D eigenvalue weighted by atomic mass is 16.5. The van der Waals surface area contributed by atoms with Crippen LogP contribution in [0, 0.1) is 0 Å². The molecular weight excluding hydrogens is 220 g/mol. The van der Waals surface area contributed by atoms with Crippen LogP contribution in [0.3, 0.4) is 0 Å². The van der Waals surface area contributed by atoms with Gasteiger partial charge in [-0.2, -0.15) is 0 Å². The summed E-state index contributed by atoms with van der Waals surface area (Å²) >= 11 is 0. The van der Waals surface area contributed by atoms with Crippen molar-refractivity contribution >= 4 is 0 Å². The molecule has 1 aromatic heterocycles. The van der Waals surface area contributed by atoms with Gasteiger partial charge >= 0.3 is 0 Å². The zero-order valence-corrected chi connectivity index (χ0v) is 10.3. The molecule has 0 aliphatic carbocycles.